The molecule has 0 saturated carbocycles. The number of fused-ring (bicyclic) bond motifs is 4. The second-order valence-corrected chi connectivity index (χ2v) is 15.8. The first-order valence-corrected chi connectivity index (χ1v) is 19.8. The van der Waals surface area contributed by atoms with Gasteiger partial charge in [-0.25, -0.2) is 24.7 Å². The number of aryl methyl sites for hydroxylation is 2. The standard InChI is InChI=1S/C22H21ClN6O3S.C16H11ClN4O2S/c1-28-17-5-2-13(20(31)24-12-19(30)29-6-8-32-9-7-29)10-16(17)25-21(28)27-22-26-15-4-3-14(23)11-18(15)33-22;1-21-12-5-2-8(14(22)23)6-11(12)18-15(21)20-16-19-10-4-3-9(17)7-13(10)24-16/h2-5,10-11H,6-9,12H2,1H3,(H,24,31)(H,25,26,27);2-7H,1H3,(H,22,23)(H,18,19,20). The smallest absolute Gasteiger partial charge is 0.335 e. The van der Waals surface area contributed by atoms with Crippen LogP contribution in [0.15, 0.2) is 72.8 Å². The van der Waals surface area contributed by atoms with E-state index in [2.05, 4.69) is 35.9 Å². The molecule has 15 nitrogen and oxygen atoms in total. The summed E-state index contributed by atoms with van der Waals surface area (Å²) in [5, 5.41) is 21.0. The van der Waals surface area contributed by atoms with E-state index in [1.54, 1.807) is 41.3 Å². The summed E-state index contributed by atoms with van der Waals surface area (Å²) < 4.78 is 11.0. The van der Waals surface area contributed by atoms with Gasteiger partial charge in [-0.3, -0.25) is 9.59 Å². The number of ether oxygens (including phenoxy) is 1. The first-order chi connectivity index (χ1) is 27.5. The zero-order valence-electron chi connectivity index (χ0n) is 30.2. The van der Waals surface area contributed by atoms with Crippen molar-refractivity contribution in [2.45, 2.75) is 0 Å². The third kappa shape index (κ3) is 8.19. The highest BCUT2D eigenvalue weighted by Crippen LogP contribution is 2.32. The van der Waals surface area contributed by atoms with E-state index in [9.17, 15) is 14.4 Å². The van der Waals surface area contributed by atoms with Crippen molar-refractivity contribution < 1.29 is 24.2 Å². The summed E-state index contributed by atoms with van der Waals surface area (Å²) in [7, 11) is 3.75. The Balaban J connectivity index is 0.000000168. The van der Waals surface area contributed by atoms with E-state index in [1.807, 2.05) is 59.6 Å². The number of morpholine rings is 1. The Morgan fingerprint density at radius 2 is 1.21 bits per heavy atom. The second kappa shape index (κ2) is 16.0. The monoisotopic (exact) mass is 842 g/mol. The van der Waals surface area contributed by atoms with Crippen molar-refractivity contribution in [2.24, 2.45) is 14.1 Å². The molecule has 1 fully saturated rings. The summed E-state index contributed by atoms with van der Waals surface area (Å²) in [6, 6.07) is 21.2. The van der Waals surface area contributed by atoms with Crippen molar-refractivity contribution in [2.75, 3.05) is 43.5 Å². The fraction of sp³-hybridized carbons (Fsp3) is 0.184. The Bertz CT molecular complexity index is 2850. The Kier molecular flexibility index (Phi) is 10.6. The van der Waals surface area contributed by atoms with Gasteiger partial charge in [-0.05, 0) is 72.8 Å². The maximum atomic E-state index is 12.6. The first kappa shape index (κ1) is 38.0. The molecule has 1 aliphatic heterocycles. The van der Waals surface area contributed by atoms with E-state index in [0.717, 1.165) is 31.5 Å². The summed E-state index contributed by atoms with van der Waals surface area (Å²) >= 11 is 15.0. The van der Waals surface area contributed by atoms with Crippen LogP contribution in [0.4, 0.5) is 22.2 Å². The number of nitrogens with zero attached hydrogens (tertiary/aromatic N) is 7. The van der Waals surface area contributed by atoms with E-state index < -0.39 is 5.97 Å². The van der Waals surface area contributed by atoms with Gasteiger partial charge in [-0.2, -0.15) is 0 Å². The van der Waals surface area contributed by atoms with Gasteiger partial charge in [0.25, 0.3) is 5.91 Å². The molecule has 0 radical (unpaired) electrons. The van der Waals surface area contributed by atoms with Crippen LogP contribution in [-0.4, -0.2) is 89.7 Å². The predicted molar refractivity (Wildman–Crippen MR) is 224 cm³/mol. The highest BCUT2D eigenvalue weighted by molar-refractivity contribution is 7.22. The van der Waals surface area contributed by atoms with Gasteiger partial charge in [0.2, 0.25) is 17.8 Å². The minimum Gasteiger partial charge on any atom is -0.478 e. The third-order valence-corrected chi connectivity index (χ3v) is 11.5. The lowest BCUT2D eigenvalue weighted by Gasteiger charge is -2.26. The largest absolute Gasteiger partial charge is 0.478 e. The maximum absolute atomic E-state index is 12.6. The third-order valence-electron chi connectivity index (χ3n) is 9.17. The number of aromatic nitrogens is 6. The molecule has 0 spiro atoms. The molecule has 1 aliphatic rings. The summed E-state index contributed by atoms with van der Waals surface area (Å²) in [5.74, 6) is -0.205. The van der Waals surface area contributed by atoms with Crippen LogP contribution < -0.4 is 16.0 Å². The number of nitrogens with one attached hydrogen (secondary N) is 3. The fourth-order valence-corrected chi connectivity index (χ4v) is 8.45. The van der Waals surface area contributed by atoms with Crippen LogP contribution in [0, 0.1) is 0 Å². The minimum atomic E-state index is -0.972. The molecule has 2 amide bonds. The predicted octanol–water partition coefficient (Wildman–Crippen LogP) is 7.45. The highest BCUT2D eigenvalue weighted by atomic mass is 35.5. The quantitative estimate of drug-likeness (QED) is 0.119. The summed E-state index contributed by atoms with van der Waals surface area (Å²) in [6.07, 6.45) is 0. The number of halogens is 2. The van der Waals surface area contributed by atoms with E-state index in [-0.39, 0.29) is 23.9 Å². The molecule has 1 saturated heterocycles. The summed E-state index contributed by atoms with van der Waals surface area (Å²) in [6.45, 7) is 2.10. The van der Waals surface area contributed by atoms with E-state index in [4.69, 9.17) is 33.0 Å². The van der Waals surface area contributed by atoms with Crippen molar-refractivity contribution in [1.82, 2.24) is 39.3 Å². The van der Waals surface area contributed by atoms with Crippen LogP contribution >= 0.6 is 45.9 Å². The molecule has 0 aliphatic carbocycles. The molecular weight excluding hydrogens is 812 g/mol. The van der Waals surface area contributed by atoms with E-state index >= 15 is 0 Å². The van der Waals surface area contributed by atoms with E-state index in [0.29, 0.717) is 75.1 Å². The molecule has 5 heterocycles. The average Bonchev–Trinajstić information content (AvgIpc) is 3.96. The molecule has 8 aromatic rings. The van der Waals surface area contributed by atoms with Gasteiger partial charge in [-0.15, -0.1) is 0 Å². The molecular formula is C38H32Cl2N10O5S2. The second-order valence-electron chi connectivity index (χ2n) is 12.9. The zero-order chi connectivity index (χ0) is 39.8. The number of imidazole rings is 2. The van der Waals surface area contributed by atoms with Crippen LogP contribution in [0.3, 0.4) is 0 Å². The number of benzene rings is 4. The summed E-state index contributed by atoms with van der Waals surface area (Å²) in [5.41, 5.74) is 5.35. The normalized spacial score (nSPS) is 12.9. The number of carboxylic acids is 1. The van der Waals surface area contributed by atoms with Crippen molar-refractivity contribution in [3.8, 4) is 0 Å². The number of carbonyl (C=O) groups is 3. The number of hydrogen-bond donors (Lipinski definition) is 4. The average molecular weight is 844 g/mol. The Hall–Kier alpha value is -5.85. The number of amides is 2. The number of rotatable bonds is 8. The molecule has 57 heavy (non-hydrogen) atoms. The molecule has 0 unspecified atom stereocenters. The lowest BCUT2D eigenvalue weighted by molar-refractivity contribution is -0.134. The number of anilines is 4. The van der Waals surface area contributed by atoms with Crippen LogP contribution in [0.25, 0.3) is 42.5 Å². The van der Waals surface area contributed by atoms with Crippen molar-refractivity contribution in [3.63, 3.8) is 0 Å². The topological polar surface area (TPSA) is 181 Å². The number of carbonyl (C=O) groups excluding carboxylic acids is 2. The zero-order valence-corrected chi connectivity index (χ0v) is 33.4. The molecule has 9 rings (SSSR count). The Morgan fingerprint density at radius 3 is 1.74 bits per heavy atom. The summed E-state index contributed by atoms with van der Waals surface area (Å²) in [4.78, 5) is 55.8. The minimum absolute atomic E-state index is 0.0481. The number of thiazole rings is 2. The molecule has 4 N–H and O–H groups in total. The van der Waals surface area contributed by atoms with Crippen molar-refractivity contribution in [1.29, 1.82) is 0 Å². The lowest BCUT2D eigenvalue weighted by Crippen LogP contribution is -2.45. The molecule has 19 heteroatoms. The van der Waals surface area contributed by atoms with Gasteiger partial charge >= 0.3 is 5.97 Å². The van der Waals surface area contributed by atoms with Crippen molar-refractivity contribution in [3.05, 3.63) is 94.0 Å². The SMILES string of the molecule is Cn1c(Nc2nc3ccc(Cl)cc3s2)nc2cc(C(=O)NCC(=O)N3CCOCC3)ccc21.Cn1c(Nc2nc3ccc(Cl)cc3s2)nc2cc(C(=O)O)ccc21. The fourth-order valence-electron chi connectivity index (χ4n) is 6.18. The van der Waals surface area contributed by atoms with Gasteiger partial charge in [0.1, 0.15) is 0 Å². The van der Waals surface area contributed by atoms with Crippen LogP contribution in [0.1, 0.15) is 20.7 Å². The lowest BCUT2D eigenvalue weighted by atomic mass is 10.2. The Labute approximate surface area is 341 Å². The van der Waals surface area contributed by atoms with Crippen molar-refractivity contribution >= 4 is 128 Å². The molecule has 4 aromatic carbocycles. The highest BCUT2D eigenvalue weighted by Gasteiger charge is 2.19. The number of hydrogen-bond acceptors (Lipinski definition) is 12. The van der Waals surface area contributed by atoms with Gasteiger partial charge < -0.3 is 39.8 Å². The molecule has 290 valence electrons. The maximum Gasteiger partial charge on any atom is 0.335 e. The molecule has 0 atom stereocenters. The first-order valence-electron chi connectivity index (χ1n) is 17.5. The van der Waals surface area contributed by atoms with Gasteiger partial charge in [0.05, 0.1) is 67.8 Å². The molecule has 4 aromatic heterocycles. The van der Waals surface area contributed by atoms with Crippen LogP contribution in [0.2, 0.25) is 10.0 Å². The van der Waals surface area contributed by atoms with Gasteiger partial charge in [0, 0.05) is 42.8 Å². The van der Waals surface area contributed by atoms with E-state index in [1.165, 1.54) is 22.7 Å². The number of carboxylic acid groups (broad SMARTS) is 1. The Morgan fingerprint density at radius 1 is 0.702 bits per heavy atom. The van der Waals surface area contributed by atoms with Gasteiger partial charge in [-0.1, -0.05) is 45.9 Å². The number of aromatic carboxylic acids is 1. The molecule has 0 bridgehead atoms. The van der Waals surface area contributed by atoms with Crippen LogP contribution in [-0.2, 0) is 23.6 Å². The van der Waals surface area contributed by atoms with Gasteiger partial charge in [0.15, 0.2) is 10.3 Å². The van der Waals surface area contributed by atoms with Crippen LogP contribution in [0.5, 0.6) is 0 Å².